The molecule has 144 valence electrons. The third kappa shape index (κ3) is 5.47. The quantitative estimate of drug-likeness (QED) is 0.438. The molecule has 27 heavy (non-hydrogen) atoms. The number of rotatable bonds is 5. The molecule has 0 saturated heterocycles. The molecule has 0 aliphatic heterocycles. The van der Waals surface area contributed by atoms with E-state index in [1.807, 2.05) is 36.4 Å². The van der Waals surface area contributed by atoms with E-state index in [4.69, 9.17) is 21.3 Å². The van der Waals surface area contributed by atoms with E-state index in [0.29, 0.717) is 0 Å². The topological polar surface area (TPSA) is 34.1 Å². The highest BCUT2D eigenvalue weighted by molar-refractivity contribution is 8.93. The fourth-order valence-electron chi connectivity index (χ4n) is 2.76. The van der Waals surface area contributed by atoms with Crippen molar-refractivity contribution in [2.75, 3.05) is 12.4 Å². The molecule has 0 bridgehead atoms. The van der Waals surface area contributed by atoms with E-state index in [0.717, 1.165) is 33.7 Å². The Labute approximate surface area is 180 Å². The number of benzene rings is 2. The lowest BCUT2D eigenvalue weighted by Crippen LogP contribution is -2.14. The highest BCUT2D eigenvalue weighted by Crippen LogP contribution is 2.36. The number of nitrogens with one attached hydrogen (secondary N) is 1. The zero-order chi connectivity index (χ0) is 18.7. The van der Waals surface area contributed by atoms with Crippen LogP contribution in [-0.2, 0) is 11.8 Å². The van der Waals surface area contributed by atoms with Crippen molar-refractivity contribution in [3.8, 4) is 5.75 Å². The molecule has 3 rings (SSSR count). The minimum atomic E-state index is -0.0288. The van der Waals surface area contributed by atoms with E-state index >= 15 is 0 Å². The maximum Gasteiger partial charge on any atom is 0.187 e. The Morgan fingerprint density at radius 2 is 1.74 bits per heavy atom. The molecular formula is C21H24BrClN2OS. The Morgan fingerprint density at radius 3 is 2.37 bits per heavy atom. The van der Waals surface area contributed by atoms with E-state index < -0.39 is 0 Å². The van der Waals surface area contributed by atoms with E-state index in [1.54, 1.807) is 18.4 Å². The fraction of sp³-hybridized carbons (Fsp3) is 0.286. The molecule has 0 fully saturated rings. The van der Waals surface area contributed by atoms with Gasteiger partial charge >= 0.3 is 0 Å². The summed E-state index contributed by atoms with van der Waals surface area (Å²) in [6.07, 6.45) is 0.842. The molecule has 2 aromatic carbocycles. The first-order valence-electron chi connectivity index (χ1n) is 8.51. The van der Waals surface area contributed by atoms with Gasteiger partial charge in [0.25, 0.3) is 0 Å². The number of hydrogen-bond acceptors (Lipinski definition) is 4. The summed E-state index contributed by atoms with van der Waals surface area (Å²) < 4.78 is 5.43. The van der Waals surface area contributed by atoms with Crippen LogP contribution < -0.4 is 10.1 Å². The van der Waals surface area contributed by atoms with Crippen LogP contribution in [0.4, 0.5) is 10.8 Å². The molecule has 0 unspecified atom stereocenters. The Hall–Kier alpha value is -1.56. The number of hydrogen-bond donors (Lipinski definition) is 1. The lowest BCUT2D eigenvalue weighted by atomic mass is 9.90. The van der Waals surface area contributed by atoms with Crippen molar-refractivity contribution in [2.24, 2.45) is 0 Å². The van der Waals surface area contributed by atoms with Gasteiger partial charge in [0.1, 0.15) is 5.75 Å². The monoisotopic (exact) mass is 466 g/mol. The maximum atomic E-state index is 6.01. The molecule has 0 amide bonds. The third-order valence-corrected chi connectivity index (χ3v) is 5.26. The molecule has 1 N–H and O–H groups in total. The fourth-order valence-corrected chi connectivity index (χ4v) is 4.11. The predicted octanol–water partition coefficient (Wildman–Crippen LogP) is 7.01. The number of thiazole rings is 1. The van der Waals surface area contributed by atoms with Crippen LogP contribution in [0, 0.1) is 0 Å². The van der Waals surface area contributed by atoms with Gasteiger partial charge < -0.3 is 10.1 Å². The van der Waals surface area contributed by atoms with Gasteiger partial charge in [-0.2, -0.15) is 0 Å². The summed E-state index contributed by atoms with van der Waals surface area (Å²) in [7, 11) is 1.68. The van der Waals surface area contributed by atoms with Crippen LogP contribution in [0.2, 0.25) is 5.02 Å². The van der Waals surface area contributed by atoms with Crippen LogP contribution in [0.15, 0.2) is 48.5 Å². The summed E-state index contributed by atoms with van der Waals surface area (Å²) in [5.74, 6) is 0.805. The van der Waals surface area contributed by atoms with Gasteiger partial charge in [-0.15, -0.1) is 28.3 Å². The van der Waals surface area contributed by atoms with Crippen molar-refractivity contribution < 1.29 is 4.74 Å². The molecule has 1 aromatic heterocycles. The summed E-state index contributed by atoms with van der Waals surface area (Å²) in [5, 5.41) is 5.05. The van der Waals surface area contributed by atoms with Crippen LogP contribution in [0.25, 0.3) is 0 Å². The SMILES string of the molecule is Br.COc1ccccc1Nc1nc(C(C)(C)C)c(Cc2ccc(Cl)cc2)s1. The van der Waals surface area contributed by atoms with Crippen molar-refractivity contribution in [1.82, 2.24) is 4.98 Å². The van der Waals surface area contributed by atoms with E-state index in [1.165, 1.54) is 10.4 Å². The zero-order valence-electron chi connectivity index (χ0n) is 15.9. The lowest BCUT2D eigenvalue weighted by molar-refractivity contribution is 0.417. The van der Waals surface area contributed by atoms with Gasteiger partial charge in [-0.3, -0.25) is 0 Å². The lowest BCUT2D eigenvalue weighted by Gasteiger charge is -2.17. The maximum absolute atomic E-state index is 6.01. The standard InChI is InChI=1S/C21H23ClN2OS.BrH/c1-21(2,3)19-18(13-14-9-11-15(22)12-10-14)26-20(24-19)23-16-7-5-6-8-17(16)25-4;/h5-12H,13H2,1-4H3,(H,23,24);1H. The molecule has 1 heterocycles. The van der Waals surface area contributed by atoms with Gasteiger partial charge in [0.2, 0.25) is 0 Å². The van der Waals surface area contributed by atoms with Gasteiger partial charge in [-0.25, -0.2) is 4.98 Å². The first-order chi connectivity index (χ1) is 12.4. The number of anilines is 2. The van der Waals surface area contributed by atoms with Crippen molar-refractivity contribution in [3.63, 3.8) is 0 Å². The molecule has 0 aliphatic rings. The van der Waals surface area contributed by atoms with Crippen molar-refractivity contribution in [2.45, 2.75) is 32.6 Å². The van der Waals surface area contributed by atoms with E-state index in [2.05, 4.69) is 38.2 Å². The van der Waals surface area contributed by atoms with Crippen LogP contribution in [0.5, 0.6) is 5.75 Å². The molecule has 0 aliphatic carbocycles. The molecular weight excluding hydrogens is 444 g/mol. The molecule has 3 nitrogen and oxygen atoms in total. The van der Waals surface area contributed by atoms with Crippen LogP contribution in [-0.4, -0.2) is 12.1 Å². The summed E-state index contributed by atoms with van der Waals surface area (Å²) in [5.41, 5.74) is 3.24. The van der Waals surface area contributed by atoms with Gasteiger partial charge in [0.05, 0.1) is 18.5 Å². The van der Waals surface area contributed by atoms with Gasteiger partial charge in [-0.1, -0.05) is 56.6 Å². The largest absolute Gasteiger partial charge is 0.495 e. The predicted molar refractivity (Wildman–Crippen MR) is 122 cm³/mol. The normalized spacial score (nSPS) is 11.0. The average Bonchev–Trinajstić information content (AvgIpc) is 3.00. The van der Waals surface area contributed by atoms with Crippen LogP contribution in [0.3, 0.4) is 0 Å². The van der Waals surface area contributed by atoms with Gasteiger partial charge in [0.15, 0.2) is 5.13 Å². The second-order valence-corrected chi connectivity index (χ2v) is 8.69. The number of ether oxygens (including phenoxy) is 1. The minimum Gasteiger partial charge on any atom is -0.495 e. The van der Waals surface area contributed by atoms with Gasteiger partial charge in [0, 0.05) is 21.7 Å². The van der Waals surface area contributed by atoms with Crippen molar-refractivity contribution in [3.05, 3.63) is 69.7 Å². The van der Waals surface area contributed by atoms with Crippen molar-refractivity contribution in [1.29, 1.82) is 0 Å². The van der Waals surface area contributed by atoms with E-state index in [-0.39, 0.29) is 22.4 Å². The summed E-state index contributed by atoms with van der Waals surface area (Å²) in [6, 6.07) is 15.9. The summed E-state index contributed by atoms with van der Waals surface area (Å²) in [6.45, 7) is 6.58. The summed E-state index contributed by atoms with van der Waals surface area (Å²) in [4.78, 5) is 6.15. The average molecular weight is 468 g/mol. The number of halogens is 2. The molecule has 0 saturated carbocycles. The highest BCUT2D eigenvalue weighted by atomic mass is 79.9. The Kier molecular flexibility index (Phi) is 7.32. The van der Waals surface area contributed by atoms with Crippen LogP contribution in [0.1, 0.15) is 36.9 Å². The second kappa shape index (κ2) is 9.09. The number of aromatic nitrogens is 1. The molecule has 3 aromatic rings. The Balaban J connectivity index is 0.00000261. The zero-order valence-corrected chi connectivity index (χ0v) is 19.2. The molecule has 0 radical (unpaired) electrons. The summed E-state index contributed by atoms with van der Waals surface area (Å²) >= 11 is 7.70. The molecule has 0 atom stereocenters. The van der Waals surface area contributed by atoms with Crippen molar-refractivity contribution >= 4 is 50.7 Å². The highest BCUT2D eigenvalue weighted by Gasteiger charge is 2.23. The molecule has 0 spiro atoms. The molecule has 6 heteroatoms. The minimum absolute atomic E-state index is 0. The Morgan fingerprint density at radius 1 is 1.07 bits per heavy atom. The number of nitrogens with zero attached hydrogens (tertiary/aromatic N) is 1. The first kappa shape index (κ1) is 21.7. The first-order valence-corrected chi connectivity index (χ1v) is 9.71. The number of para-hydroxylation sites is 2. The van der Waals surface area contributed by atoms with E-state index in [9.17, 15) is 0 Å². The Bertz CT molecular complexity index is 888. The smallest absolute Gasteiger partial charge is 0.187 e. The second-order valence-electron chi connectivity index (χ2n) is 7.17. The number of methoxy groups -OCH3 is 1. The van der Waals surface area contributed by atoms with Gasteiger partial charge in [-0.05, 0) is 29.8 Å². The third-order valence-electron chi connectivity index (χ3n) is 4.03. The van der Waals surface area contributed by atoms with Crippen LogP contribution >= 0.6 is 39.9 Å².